The quantitative estimate of drug-likeness (QED) is 0.878. The molecule has 1 aromatic heterocycles. The van der Waals surface area contributed by atoms with E-state index in [2.05, 4.69) is 17.2 Å². The van der Waals surface area contributed by atoms with E-state index in [0.717, 1.165) is 37.1 Å². The predicted molar refractivity (Wildman–Crippen MR) is 91.6 cm³/mol. The van der Waals surface area contributed by atoms with E-state index in [0.29, 0.717) is 0 Å². The monoisotopic (exact) mass is 312 g/mol. The van der Waals surface area contributed by atoms with Crippen LogP contribution in [0.3, 0.4) is 0 Å². The summed E-state index contributed by atoms with van der Waals surface area (Å²) in [7, 11) is 0. The van der Waals surface area contributed by atoms with Crippen molar-refractivity contribution in [3.05, 3.63) is 54.4 Å². The third kappa shape index (κ3) is 4.23. The highest BCUT2D eigenvalue weighted by molar-refractivity contribution is 5.48. The number of nitrogens with one attached hydrogen (secondary N) is 1. The molecule has 1 aliphatic carbocycles. The molecular weight excluding hydrogens is 288 g/mol. The number of aromatic nitrogens is 1. The van der Waals surface area contributed by atoms with Crippen LogP contribution in [0, 0.1) is 0 Å². The van der Waals surface area contributed by atoms with E-state index < -0.39 is 0 Å². The number of aliphatic hydroxyl groups is 1. The summed E-state index contributed by atoms with van der Waals surface area (Å²) in [5, 5.41) is 13.5. The van der Waals surface area contributed by atoms with Crippen LogP contribution in [-0.2, 0) is 0 Å². The Morgan fingerprint density at radius 3 is 2.48 bits per heavy atom. The van der Waals surface area contributed by atoms with Crippen molar-refractivity contribution in [1.82, 2.24) is 4.98 Å². The molecule has 0 saturated heterocycles. The largest absolute Gasteiger partial charge is 0.488 e. The molecule has 0 aliphatic heterocycles. The first-order valence-corrected chi connectivity index (χ1v) is 8.33. The first-order valence-electron chi connectivity index (χ1n) is 8.33. The first-order chi connectivity index (χ1) is 11.2. The number of anilines is 1. The van der Waals surface area contributed by atoms with Gasteiger partial charge < -0.3 is 15.2 Å². The van der Waals surface area contributed by atoms with E-state index in [4.69, 9.17) is 4.74 Å². The van der Waals surface area contributed by atoms with Gasteiger partial charge in [0.1, 0.15) is 11.9 Å². The number of aliphatic hydroxyl groups excluding tert-OH is 1. The Balaban J connectivity index is 1.58. The van der Waals surface area contributed by atoms with Crippen molar-refractivity contribution in [2.45, 2.75) is 50.9 Å². The van der Waals surface area contributed by atoms with Crippen LogP contribution >= 0.6 is 0 Å². The number of benzene rings is 1. The molecule has 0 radical (unpaired) electrons. The summed E-state index contributed by atoms with van der Waals surface area (Å²) in [6.07, 6.45) is 7.20. The molecule has 2 N–H and O–H groups in total. The Labute approximate surface area is 137 Å². The molecule has 1 heterocycles. The Hall–Kier alpha value is -2.07. The highest BCUT2D eigenvalue weighted by Crippen LogP contribution is 2.26. The van der Waals surface area contributed by atoms with Crippen LogP contribution in [0.4, 0.5) is 5.69 Å². The van der Waals surface area contributed by atoms with Crippen molar-refractivity contribution in [2.75, 3.05) is 5.32 Å². The second-order valence-corrected chi connectivity index (χ2v) is 6.18. The van der Waals surface area contributed by atoms with E-state index in [9.17, 15) is 5.11 Å². The molecule has 2 aromatic rings. The fourth-order valence-corrected chi connectivity index (χ4v) is 3.00. The van der Waals surface area contributed by atoms with Gasteiger partial charge in [-0.3, -0.25) is 4.98 Å². The van der Waals surface area contributed by atoms with Crippen molar-refractivity contribution in [3.63, 3.8) is 0 Å². The highest BCUT2D eigenvalue weighted by Gasteiger charge is 2.24. The van der Waals surface area contributed by atoms with Crippen molar-refractivity contribution in [3.8, 4) is 5.75 Å². The van der Waals surface area contributed by atoms with Gasteiger partial charge in [0, 0.05) is 24.1 Å². The third-order valence-corrected chi connectivity index (χ3v) is 4.40. The van der Waals surface area contributed by atoms with Gasteiger partial charge in [-0.05, 0) is 68.1 Å². The molecule has 4 nitrogen and oxygen atoms in total. The molecule has 4 heteroatoms. The van der Waals surface area contributed by atoms with Crippen LogP contribution in [0.2, 0.25) is 0 Å². The fourth-order valence-electron chi connectivity index (χ4n) is 3.00. The van der Waals surface area contributed by atoms with Crippen molar-refractivity contribution >= 4 is 5.69 Å². The van der Waals surface area contributed by atoms with Crippen LogP contribution in [-0.4, -0.2) is 22.3 Å². The van der Waals surface area contributed by atoms with Crippen LogP contribution in [0.5, 0.6) is 5.75 Å². The van der Waals surface area contributed by atoms with Gasteiger partial charge in [0.25, 0.3) is 0 Å². The molecule has 1 aromatic carbocycles. The maximum Gasteiger partial charge on any atom is 0.124 e. The lowest BCUT2D eigenvalue weighted by molar-refractivity contribution is 0.00688. The fraction of sp³-hybridized carbons (Fsp3) is 0.421. The highest BCUT2D eigenvalue weighted by atomic mass is 16.5. The zero-order chi connectivity index (χ0) is 16.1. The number of ether oxygens (including phenoxy) is 1. The first kappa shape index (κ1) is 15.8. The van der Waals surface area contributed by atoms with Gasteiger partial charge in [0.05, 0.1) is 6.10 Å². The van der Waals surface area contributed by atoms with Gasteiger partial charge in [0.2, 0.25) is 0 Å². The number of rotatable bonds is 5. The maximum atomic E-state index is 9.99. The maximum absolute atomic E-state index is 9.99. The summed E-state index contributed by atoms with van der Waals surface area (Å²) in [5.74, 6) is 0.818. The van der Waals surface area contributed by atoms with Gasteiger partial charge >= 0.3 is 0 Å². The Morgan fingerprint density at radius 1 is 1.09 bits per heavy atom. The van der Waals surface area contributed by atoms with Crippen LogP contribution in [0.1, 0.15) is 44.2 Å². The minimum absolute atomic E-state index is 0.0710. The summed E-state index contributed by atoms with van der Waals surface area (Å²) in [6, 6.07) is 12.2. The average Bonchev–Trinajstić information content (AvgIpc) is 2.59. The molecule has 3 unspecified atom stereocenters. The van der Waals surface area contributed by atoms with E-state index in [1.807, 2.05) is 36.4 Å². The third-order valence-electron chi connectivity index (χ3n) is 4.40. The molecule has 23 heavy (non-hydrogen) atoms. The lowest BCUT2D eigenvalue weighted by Gasteiger charge is -2.28. The summed E-state index contributed by atoms with van der Waals surface area (Å²) < 4.78 is 5.93. The lowest BCUT2D eigenvalue weighted by Crippen LogP contribution is -2.34. The molecule has 3 rings (SSSR count). The summed E-state index contributed by atoms with van der Waals surface area (Å²) >= 11 is 0. The molecule has 1 saturated carbocycles. The second-order valence-electron chi connectivity index (χ2n) is 6.18. The molecule has 0 spiro atoms. The van der Waals surface area contributed by atoms with Gasteiger partial charge in [0.15, 0.2) is 0 Å². The molecule has 1 fully saturated rings. The zero-order valence-corrected chi connectivity index (χ0v) is 13.5. The topological polar surface area (TPSA) is 54.4 Å². The molecule has 122 valence electrons. The van der Waals surface area contributed by atoms with E-state index in [1.165, 1.54) is 5.56 Å². The number of nitrogens with zero attached hydrogens (tertiary/aromatic N) is 1. The Bertz CT molecular complexity index is 601. The minimum atomic E-state index is -0.340. The average molecular weight is 312 g/mol. The van der Waals surface area contributed by atoms with E-state index in [1.54, 1.807) is 12.4 Å². The molecule has 0 amide bonds. The van der Waals surface area contributed by atoms with Crippen LogP contribution in [0.25, 0.3) is 0 Å². The van der Waals surface area contributed by atoms with Crippen molar-refractivity contribution < 1.29 is 9.84 Å². The smallest absolute Gasteiger partial charge is 0.124 e. The number of hydrogen-bond donors (Lipinski definition) is 2. The SMILES string of the molecule is CC(Nc1ccc(OC2CCCCC2O)cc1)c1ccncc1. The Morgan fingerprint density at radius 2 is 1.78 bits per heavy atom. The summed E-state index contributed by atoms with van der Waals surface area (Å²) in [6.45, 7) is 2.12. The lowest BCUT2D eigenvalue weighted by atomic mass is 9.95. The number of hydrogen-bond acceptors (Lipinski definition) is 4. The second kappa shape index (κ2) is 7.47. The van der Waals surface area contributed by atoms with Gasteiger partial charge in [-0.1, -0.05) is 6.42 Å². The van der Waals surface area contributed by atoms with Crippen molar-refractivity contribution in [2.24, 2.45) is 0 Å². The normalized spacial score (nSPS) is 22.3. The van der Waals surface area contributed by atoms with Gasteiger partial charge in [-0.15, -0.1) is 0 Å². The standard InChI is InChI=1S/C19H24N2O2/c1-14(15-10-12-20-13-11-15)21-16-6-8-17(9-7-16)23-19-5-3-2-4-18(19)22/h6-14,18-19,21-22H,2-5H2,1H3. The zero-order valence-electron chi connectivity index (χ0n) is 13.5. The van der Waals surface area contributed by atoms with Crippen molar-refractivity contribution in [1.29, 1.82) is 0 Å². The van der Waals surface area contributed by atoms with E-state index in [-0.39, 0.29) is 18.2 Å². The molecule has 0 bridgehead atoms. The van der Waals surface area contributed by atoms with Crippen LogP contribution in [0.15, 0.2) is 48.8 Å². The molecular formula is C19H24N2O2. The Kier molecular flexibility index (Phi) is 5.13. The summed E-state index contributed by atoms with van der Waals surface area (Å²) in [4.78, 5) is 4.04. The minimum Gasteiger partial charge on any atom is -0.488 e. The summed E-state index contributed by atoms with van der Waals surface area (Å²) in [5.41, 5.74) is 2.25. The molecule has 1 aliphatic rings. The van der Waals surface area contributed by atoms with Crippen LogP contribution < -0.4 is 10.1 Å². The van der Waals surface area contributed by atoms with Gasteiger partial charge in [-0.25, -0.2) is 0 Å². The molecule has 3 atom stereocenters. The predicted octanol–water partition coefficient (Wildman–Crippen LogP) is 3.94. The van der Waals surface area contributed by atoms with Gasteiger partial charge in [-0.2, -0.15) is 0 Å². The number of pyridine rings is 1. The van der Waals surface area contributed by atoms with E-state index >= 15 is 0 Å².